The van der Waals surface area contributed by atoms with Crippen LogP contribution in [0, 0.1) is 0 Å². The summed E-state index contributed by atoms with van der Waals surface area (Å²) in [6.07, 6.45) is 1.65. The molecule has 2 N–H and O–H groups in total. The van der Waals surface area contributed by atoms with E-state index in [9.17, 15) is 4.79 Å². The molecule has 0 unspecified atom stereocenters. The summed E-state index contributed by atoms with van der Waals surface area (Å²) in [5.74, 6) is 0.689. The van der Waals surface area contributed by atoms with Crippen LogP contribution < -0.4 is 5.73 Å². The molecular weight excluding hydrogens is 320 g/mol. The van der Waals surface area contributed by atoms with Gasteiger partial charge in [-0.2, -0.15) is 0 Å². The van der Waals surface area contributed by atoms with Crippen molar-refractivity contribution in [1.29, 1.82) is 0 Å². The lowest BCUT2D eigenvalue weighted by atomic mass is 10.1. The zero-order chi connectivity index (χ0) is 16.8. The number of nitrogens with two attached hydrogens (primary N) is 1. The Labute approximate surface area is 144 Å². The number of benzene rings is 2. The van der Waals surface area contributed by atoms with E-state index in [0.29, 0.717) is 5.16 Å². The maximum Gasteiger partial charge on any atom is 0.227 e. The molecule has 0 spiro atoms. The van der Waals surface area contributed by atoms with Gasteiger partial charge in [0, 0.05) is 12.1 Å². The van der Waals surface area contributed by atoms with E-state index in [-0.39, 0.29) is 11.7 Å². The molecule has 1 amide bonds. The van der Waals surface area contributed by atoms with Gasteiger partial charge in [-0.15, -0.1) is 10.2 Å². The molecule has 0 aliphatic rings. The van der Waals surface area contributed by atoms with Gasteiger partial charge in [-0.25, -0.2) is 0 Å². The Morgan fingerprint density at radius 1 is 0.958 bits per heavy atom. The number of nitrogens with zero attached hydrogens (tertiary/aromatic N) is 3. The van der Waals surface area contributed by atoms with E-state index < -0.39 is 0 Å². The summed E-state index contributed by atoms with van der Waals surface area (Å²) in [6, 6.07) is 20.2. The Hall–Kier alpha value is -2.60. The zero-order valence-electron chi connectivity index (χ0n) is 13.1. The molecule has 0 atom stereocenters. The largest absolute Gasteiger partial charge is 0.369 e. The van der Waals surface area contributed by atoms with Gasteiger partial charge in [0.1, 0.15) is 5.82 Å². The van der Waals surface area contributed by atoms with Crippen LogP contribution in [0.3, 0.4) is 0 Å². The van der Waals surface area contributed by atoms with Gasteiger partial charge < -0.3 is 5.73 Å². The second kappa shape index (κ2) is 7.79. The molecule has 24 heavy (non-hydrogen) atoms. The number of thioether (sulfide) groups is 1. The summed E-state index contributed by atoms with van der Waals surface area (Å²) in [5, 5.41) is 9.25. The fourth-order valence-electron chi connectivity index (χ4n) is 2.43. The number of amides is 1. The van der Waals surface area contributed by atoms with Crippen LogP contribution >= 0.6 is 11.8 Å². The van der Waals surface area contributed by atoms with Crippen molar-refractivity contribution in [1.82, 2.24) is 14.8 Å². The van der Waals surface area contributed by atoms with E-state index in [1.54, 1.807) is 0 Å². The highest BCUT2D eigenvalue weighted by molar-refractivity contribution is 7.99. The topological polar surface area (TPSA) is 73.8 Å². The van der Waals surface area contributed by atoms with Crippen molar-refractivity contribution in [3.05, 3.63) is 72.1 Å². The molecule has 0 saturated heterocycles. The third-order valence-corrected chi connectivity index (χ3v) is 4.49. The Morgan fingerprint density at radius 3 is 2.29 bits per heavy atom. The normalized spacial score (nSPS) is 10.7. The van der Waals surface area contributed by atoms with Crippen LogP contribution in [0.4, 0.5) is 0 Å². The standard InChI is InChI=1S/C18H18N4OS/c19-16(23)13-24-18-21-20-17(12-11-14-7-3-1-4-8-14)22(18)15-9-5-2-6-10-15/h1-10H,11-13H2,(H2,19,23). The van der Waals surface area contributed by atoms with Crippen LogP contribution in [0.25, 0.3) is 5.69 Å². The number of para-hydroxylation sites is 1. The zero-order valence-corrected chi connectivity index (χ0v) is 13.9. The highest BCUT2D eigenvalue weighted by atomic mass is 32.2. The Bertz CT molecular complexity index is 802. The molecule has 3 aromatic rings. The average molecular weight is 338 g/mol. The minimum Gasteiger partial charge on any atom is -0.369 e. The number of primary amides is 1. The molecular formula is C18H18N4OS. The molecule has 0 aliphatic heterocycles. The second-order valence-electron chi connectivity index (χ2n) is 5.31. The highest BCUT2D eigenvalue weighted by Gasteiger charge is 2.15. The van der Waals surface area contributed by atoms with Crippen LogP contribution in [0.2, 0.25) is 0 Å². The van der Waals surface area contributed by atoms with E-state index in [0.717, 1.165) is 24.4 Å². The number of carbonyl (C=O) groups is 1. The van der Waals surface area contributed by atoms with E-state index in [2.05, 4.69) is 22.3 Å². The summed E-state index contributed by atoms with van der Waals surface area (Å²) in [7, 11) is 0. The van der Waals surface area contributed by atoms with Gasteiger partial charge in [-0.1, -0.05) is 60.3 Å². The van der Waals surface area contributed by atoms with Gasteiger partial charge in [-0.3, -0.25) is 9.36 Å². The number of aromatic nitrogens is 3. The fourth-order valence-corrected chi connectivity index (χ4v) is 3.14. The van der Waals surface area contributed by atoms with Gasteiger partial charge in [0.15, 0.2) is 5.16 Å². The first-order valence-electron chi connectivity index (χ1n) is 7.69. The Morgan fingerprint density at radius 2 is 1.62 bits per heavy atom. The minimum atomic E-state index is -0.367. The summed E-state index contributed by atoms with van der Waals surface area (Å²) < 4.78 is 2.00. The van der Waals surface area contributed by atoms with E-state index >= 15 is 0 Å². The summed E-state index contributed by atoms with van der Waals surface area (Å²) in [4.78, 5) is 11.1. The third-order valence-electron chi connectivity index (χ3n) is 3.54. The Balaban J connectivity index is 1.86. The number of aryl methyl sites for hydroxylation is 2. The lowest BCUT2D eigenvalue weighted by Crippen LogP contribution is -2.14. The first kappa shape index (κ1) is 16.3. The van der Waals surface area contributed by atoms with Crippen LogP contribution in [0.1, 0.15) is 11.4 Å². The second-order valence-corrected chi connectivity index (χ2v) is 6.25. The first-order chi connectivity index (χ1) is 11.7. The lowest BCUT2D eigenvalue weighted by molar-refractivity contribution is -0.115. The van der Waals surface area contributed by atoms with Crippen molar-refractivity contribution in [2.24, 2.45) is 5.73 Å². The molecule has 6 heteroatoms. The average Bonchev–Trinajstić information content (AvgIpc) is 3.02. The van der Waals surface area contributed by atoms with E-state index in [4.69, 9.17) is 5.73 Å². The number of carbonyl (C=O) groups excluding carboxylic acids is 1. The molecule has 3 rings (SSSR count). The van der Waals surface area contributed by atoms with Crippen molar-refractivity contribution in [3.8, 4) is 5.69 Å². The lowest BCUT2D eigenvalue weighted by Gasteiger charge is -2.09. The van der Waals surface area contributed by atoms with Crippen LogP contribution in [0.15, 0.2) is 65.8 Å². The molecule has 5 nitrogen and oxygen atoms in total. The van der Waals surface area contributed by atoms with Crippen molar-refractivity contribution >= 4 is 17.7 Å². The molecule has 1 aromatic heterocycles. The van der Waals surface area contributed by atoms with Gasteiger partial charge in [0.2, 0.25) is 5.91 Å². The van der Waals surface area contributed by atoms with Gasteiger partial charge >= 0.3 is 0 Å². The predicted octanol–water partition coefficient (Wildman–Crippen LogP) is 2.63. The maximum absolute atomic E-state index is 11.1. The van der Waals surface area contributed by atoms with Crippen molar-refractivity contribution in [2.45, 2.75) is 18.0 Å². The van der Waals surface area contributed by atoms with Gasteiger partial charge in [0.05, 0.1) is 5.75 Å². The monoisotopic (exact) mass is 338 g/mol. The predicted molar refractivity (Wildman–Crippen MR) is 95.1 cm³/mol. The van der Waals surface area contributed by atoms with Crippen molar-refractivity contribution in [2.75, 3.05) is 5.75 Å². The van der Waals surface area contributed by atoms with Crippen LogP contribution in [-0.4, -0.2) is 26.4 Å². The number of rotatable bonds is 7. The molecule has 1 heterocycles. The highest BCUT2D eigenvalue weighted by Crippen LogP contribution is 2.22. The molecule has 0 saturated carbocycles. The van der Waals surface area contributed by atoms with Crippen LogP contribution in [-0.2, 0) is 17.6 Å². The van der Waals surface area contributed by atoms with Gasteiger partial charge in [-0.05, 0) is 24.1 Å². The molecule has 2 aromatic carbocycles. The number of hydrogen-bond acceptors (Lipinski definition) is 4. The summed E-state index contributed by atoms with van der Waals surface area (Å²) in [5.41, 5.74) is 7.49. The Kier molecular flexibility index (Phi) is 5.28. The van der Waals surface area contributed by atoms with Crippen LogP contribution in [0.5, 0.6) is 0 Å². The smallest absolute Gasteiger partial charge is 0.227 e. The van der Waals surface area contributed by atoms with Crippen molar-refractivity contribution in [3.63, 3.8) is 0 Å². The molecule has 122 valence electrons. The van der Waals surface area contributed by atoms with E-state index in [1.165, 1.54) is 17.3 Å². The quantitative estimate of drug-likeness (QED) is 0.672. The SMILES string of the molecule is NC(=O)CSc1nnc(CCc2ccccc2)n1-c1ccccc1. The molecule has 0 radical (unpaired) electrons. The summed E-state index contributed by atoms with van der Waals surface area (Å²) in [6.45, 7) is 0. The molecule has 0 aliphatic carbocycles. The fraction of sp³-hybridized carbons (Fsp3) is 0.167. The molecule has 0 bridgehead atoms. The summed E-state index contributed by atoms with van der Waals surface area (Å²) >= 11 is 1.31. The minimum absolute atomic E-state index is 0.184. The first-order valence-corrected chi connectivity index (χ1v) is 8.67. The molecule has 0 fully saturated rings. The van der Waals surface area contributed by atoms with E-state index in [1.807, 2.05) is 53.1 Å². The maximum atomic E-state index is 11.1. The number of hydrogen-bond donors (Lipinski definition) is 1. The van der Waals surface area contributed by atoms with Crippen molar-refractivity contribution < 1.29 is 4.79 Å². The van der Waals surface area contributed by atoms with Gasteiger partial charge in [0.25, 0.3) is 0 Å². The third kappa shape index (κ3) is 4.02.